The van der Waals surface area contributed by atoms with Crippen LogP contribution in [0.15, 0.2) is 24.3 Å². The molecule has 0 amide bonds. The Balaban J connectivity index is 2.75. The molecular formula is C17H26O. The Hall–Kier alpha value is -1.11. The van der Waals surface area contributed by atoms with Crippen molar-refractivity contribution in [2.24, 2.45) is 11.3 Å². The first-order chi connectivity index (χ1) is 8.34. The summed E-state index contributed by atoms with van der Waals surface area (Å²) in [5, 5.41) is 0. The maximum Gasteiger partial charge on any atom is 0.163 e. The molecule has 18 heavy (non-hydrogen) atoms. The molecule has 0 bridgehead atoms. The number of hydrogen-bond donors (Lipinski definition) is 0. The molecule has 100 valence electrons. The van der Waals surface area contributed by atoms with E-state index in [-0.39, 0.29) is 11.2 Å². The highest BCUT2D eigenvalue weighted by atomic mass is 16.1. The molecule has 0 saturated heterocycles. The van der Waals surface area contributed by atoms with E-state index in [2.05, 4.69) is 46.8 Å². The number of benzene rings is 1. The SMILES string of the molecule is CCCc1cccc(C(=O)CC(C)C(C)(C)C)c1. The van der Waals surface area contributed by atoms with Crippen LogP contribution >= 0.6 is 0 Å². The molecule has 0 aromatic heterocycles. The molecule has 0 fully saturated rings. The van der Waals surface area contributed by atoms with Crippen LogP contribution in [0, 0.1) is 11.3 Å². The first-order valence-corrected chi connectivity index (χ1v) is 6.96. The van der Waals surface area contributed by atoms with Crippen LogP contribution in [0.25, 0.3) is 0 Å². The van der Waals surface area contributed by atoms with E-state index in [0.29, 0.717) is 12.3 Å². The Morgan fingerprint density at radius 1 is 1.28 bits per heavy atom. The summed E-state index contributed by atoms with van der Waals surface area (Å²) in [5.74, 6) is 0.676. The van der Waals surface area contributed by atoms with E-state index >= 15 is 0 Å². The van der Waals surface area contributed by atoms with Gasteiger partial charge in [0.05, 0.1) is 0 Å². The summed E-state index contributed by atoms with van der Waals surface area (Å²) in [6.45, 7) is 10.9. The Kier molecular flexibility index (Phi) is 5.13. The lowest BCUT2D eigenvalue weighted by atomic mass is 9.78. The lowest BCUT2D eigenvalue weighted by Gasteiger charge is -2.26. The fourth-order valence-corrected chi connectivity index (χ4v) is 1.89. The van der Waals surface area contributed by atoms with Gasteiger partial charge in [0.15, 0.2) is 5.78 Å². The minimum absolute atomic E-state index is 0.191. The second-order valence-electron chi connectivity index (χ2n) is 6.34. The zero-order valence-electron chi connectivity index (χ0n) is 12.4. The van der Waals surface area contributed by atoms with E-state index in [1.807, 2.05) is 12.1 Å². The molecule has 0 aliphatic heterocycles. The van der Waals surface area contributed by atoms with Crippen molar-refractivity contribution < 1.29 is 4.79 Å². The summed E-state index contributed by atoms with van der Waals surface area (Å²) in [5.41, 5.74) is 2.33. The van der Waals surface area contributed by atoms with E-state index in [9.17, 15) is 4.79 Å². The summed E-state index contributed by atoms with van der Waals surface area (Å²) in [4.78, 5) is 12.3. The number of rotatable bonds is 5. The number of hydrogen-bond acceptors (Lipinski definition) is 1. The van der Waals surface area contributed by atoms with Gasteiger partial charge in [-0.3, -0.25) is 4.79 Å². The van der Waals surface area contributed by atoms with E-state index in [4.69, 9.17) is 0 Å². The van der Waals surface area contributed by atoms with E-state index in [0.717, 1.165) is 18.4 Å². The molecule has 1 nitrogen and oxygen atoms in total. The zero-order chi connectivity index (χ0) is 13.8. The van der Waals surface area contributed by atoms with Crippen LogP contribution in [0.4, 0.5) is 0 Å². The van der Waals surface area contributed by atoms with E-state index in [1.165, 1.54) is 5.56 Å². The maximum absolute atomic E-state index is 12.3. The molecule has 1 aromatic carbocycles. The molecule has 1 unspecified atom stereocenters. The van der Waals surface area contributed by atoms with Crippen molar-refractivity contribution >= 4 is 5.78 Å². The van der Waals surface area contributed by atoms with Crippen LogP contribution in [-0.2, 0) is 6.42 Å². The average molecular weight is 246 g/mol. The van der Waals surface area contributed by atoms with Crippen LogP contribution in [0.1, 0.15) is 63.4 Å². The third kappa shape index (κ3) is 4.29. The van der Waals surface area contributed by atoms with Crippen molar-refractivity contribution in [3.8, 4) is 0 Å². The highest BCUT2D eigenvalue weighted by Crippen LogP contribution is 2.29. The number of Topliss-reactive ketones (excluding diaryl/α,β-unsaturated/α-hetero) is 1. The molecule has 1 atom stereocenters. The summed E-state index contributed by atoms with van der Waals surface area (Å²) in [6.07, 6.45) is 2.81. The quantitative estimate of drug-likeness (QED) is 0.676. The van der Waals surface area contributed by atoms with E-state index in [1.54, 1.807) is 0 Å². The van der Waals surface area contributed by atoms with Crippen molar-refractivity contribution in [1.29, 1.82) is 0 Å². The van der Waals surface area contributed by atoms with Gasteiger partial charge in [-0.05, 0) is 29.4 Å². The zero-order valence-corrected chi connectivity index (χ0v) is 12.4. The number of ketones is 1. The lowest BCUT2D eigenvalue weighted by Crippen LogP contribution is -2.20. The van der Waals surface area contributed by atoms with Crippen molar-refractivity contribution in [1.82, 2.24) is 0 Å². The predicted octanol–water partition coefficient (Wildman–Crippen LogP) is 4.89. The topological polar surface area (TPSA) is 17.1 Å². The molecule has 0 aliphatic rings. The molecule has 0 N–H and O–H groups in total. The van der Waals surface area contributed by atoms with Gasteiger partial charge in [-0.15, -0.1) is 0 Å². The van der Waals surface area contributed by atoms with Crippen LogP contribution < -0.4 is 0 Å². The number of carbonyl (C=O) groups is 1. The maximum atomic E-state index is 12.3. The molecule has 0 saturated carbocycles. The van der Waals surface area contributed by atoms with Crippen LogP contribution in [0.5, 0.6) is 0 Å². The molecule has 0 spiro atoms. The highest BCUT2D eigenvalue weighted by molar-refractivity contribution is 5.96. The summed E-state index contributed by atoms with van der Waals surface area (Å²) in [6, 6.07) is 8.10. The Morgan fingerprint density at radius 3 is 2.50 bits per heavy atom. The fraction of sp³-hybridized carbons (Fsp3) is 0.588. The molecule has 0 radical (unpaired) electrons. The number of aryl methyl sites for hydroxylation is 1. The second kappa shape index (κ2) is 6.17. The third-order valence-corrected chi connectivity index (χ3v) is 3.76. The highest BCUT2D eigenvalue weighted by Gasteiger charge is 2.23. The van der Waals surface area contributed by atoms with Gasteiger partial charge in [-0.2, -0.15) is 0 Å². The van der Waals surface area contributed by atoms with Gasteiger partial charge in [-0.1, -0.05) is 59.2 Å². The van der Waals surface area contributed by atoms with Crippen molar-refractivity contribution in [2.75, 3.05) is 0 Å². The smallest absolute Gasteiger partial charge is 0.163 e. The Bertz CT molecular complexity index is 398. The first kappa shape index (κ1) is 14.9. The predicted molar refractivity (Wildman–Crippen MR) is 78.0 cm³/mol. The van der Waals surface area contributed by atoms with Crippen LogP contribution in [0.2, 0.25) is 0 Å². The van der Waals surface area contributed by atoms with Gasteiger partial charge < -0.3 is 0 Å². The van der Waals surface area contributed by atoms with Crippen LogP contribution in [0.3, 0.4) is 0 Å². The first-order valence-electron chi connectivity index (χ1n) is 6.96. The summed E-state index contributed by atoms with van der Waals surface area (Å²) in [7, 11) is 0. The lowest BCUT2D eigenvalue weighted by molar-refractivity contribution is 0.0927. The largest absolute Gasteiger partial charge is 0.294 e. The normalized spacial score (nSPS) is 13.4. The molecule has 1 aromatic rings. The van der Waals surface area contributed by atoms with Gasteiger partial charge in [-0.25, -0.2) is 0 Å². The standard InChI is InChI=1S/C17H26O/c1-6-8-14-9-7-10-15(12-14)16(18)11-13(2)17(3,4)5/h7,9-10,12-13H,6,8,11H2,1-5H3. The van der Waals surface area contributed by atoms with Crippen molar-refractivity contribution in [2.45, 2.75) is 53.9 Å². The monoisotopic (exact) mass is 246 g/mol. The van der Waals surface area contributed by atoms with E-state index < -0.39 is 0 Å². The minimum Gasteiger partial charge on any atom is -0.294 e. The van der Waals surface area contributed by atoms with Crippen LogP contribution in [-0.4, -0.2) is 5.78 Å². The minimum atomic E-state index is 0.191. The summed E-state index contributed by atoms with van der Waals surface area (Å²) >= 11 is 0. The number of carbonyl (C=O) groups excluding carboxylic acids is 1. The Labute approximate surface area is 112 Å². The molecule has 0 aliphatic carbocycles. The van der Waals surface area contributed by atoms with Crippen molar-refractivity contribution in [3.05, 3.63) is 35.4 Å². The van der Waals surface area contributed by atoms with Gasteiger partial charge in [0.25, 0.3) is 0 Å². The van der Waals surface area contributed by atoms with Gasteiger partial charge in [0, 0.05) is 12.0 Å². The third-order valence-electron chi connectivity index (χ3n) is 3.76. The molecule has 1 rings (SSSR count). The van der Waals surface area contributed by atoms with Gasteiger partial charge >= 0.3 is 0 Å². The molecule has 1 heteroatoms. The second-order valence-corrected chi connectivity index (χ2v) is 6.34. The van der Waals surface area contributed by atoms with Gasteiger partial charge in [0.2, 0.25) is 0 Å². The summed E-state index contributed by atoms with van der Waals surface area (Å²) < 4.78 is 0. The Morgan fingerprint density at radius 2 is 1.94 bits per heavy atom. The fourth-order valence-electron chi connectivity index (χ4n) is 1.89. The molecule has 0 heterocycles. The van der Waals surface area contributed by atoms with Gasteiger partial charge in [0.1, 0.15) is 0 Å². The molecular weight excluding hydrogens is 220 g/mol. The average Bonchev–Trinajstić information content (AvgIpc) is 2.28. The van der Waals surface area contributed by atoms with Crippen molar-refractivity contribution in [3.63, 3.8) is 0 Å².